The number of fused-ring (bicyclic) bond motifs is 1. The van der Waals surface area contributed by atoms with Crippen LogP contribution in [0.25, 0.3) is 0 Å². The van der Waals surface area contributed by atoms with Crippen molar-refractivity contribution in [3.8, 4) is 0 Å². The molecule has 22 heavy (non-hydrogen) atoms. The first-order valence-corrected chi connectivity index (χ1v) is 9.04. The molecule has 0 saturated carbocycles. The molecule has 0 saturated heterocycles. The number of rotatable bonds is 3. The quantitative estimate of drug-likeness (QED) is 0.841. The largest absolute Gasteiger partial charge is 0.247 e. The lowest BCUT2D eigenvalue weighted by Gasteiger charge is -2.26. The van der Waals surface area contributed by atoms with Gasteiger partial charge >= 0.3 is 0 Å². The number of aromatic nitrogens is 3. The highest BCUT2D eigenvalue weighted by Gasteiger charge is 2.29. The molecule has 3 rings (SSSR count). The molecule has 0 bridgehead atoms. The van der Waals surface area contributed by atoms with Gasteiger partial charge in [-0.05, 0) is 24.6 Å². The van der Waals surface area contributed by atoms with E-state index < -0.39 is 10.0 Å². The highest BCUT2D eigenvalue weighted by atomic mass is 35.5. The van der Waals surface area contributed by atoms with Gasteiger partial charge in [0.25, 0.3) is 0 Å². The molecule has 0 radical (unpaired) electrons. The Bertz CT molecular complexity index is 819. The molecule has 6 nitrogen and oxygen atoms in total. The van der Waals surface area contributed by atoms with Gasteiger partial charge < -0.3 is 0 Å². The number of benzene rings is 1. The van der Waals surface area contributed by atoms with E-state index in [1.54, 1.807) is 29.8 Å². The lowest BCUT2D eigenvalue weighted by atomic mass is 10.2. The van der Waals surface area contributed by atoms with Crippen LogP contribution in [0.4, 0.5) is 0 Å². The first-order valence-electron chi connectivity index (χ1n) is 6.67. The van der Waals surface area contributed by atoms with E-state index in [-0.39, 0.29) is 12.3 Å². The lowest BCUT2D eigenvalue weighted by Crippen LogP contribution is -2.39. The molecule has 0 N–H and O–H groups in total. The van der Waals surface area contributed by atoms with Crippen LogP contribution in [0.1, 0.15) is 17.2 Å². The van der Waals surface area contributed by atoms with E-state index in [1.165, 1.54) is 4.31 Å². The van der Waals surface area contributed by atoms with Crippen molar-refractivity contribution in [2.75, 3.05) is 6.54 Å². The first kappa shape index (κ1) is 15.7. The number of hydrogen-bond acceptors (Lipinski definition) is 4. The van der Waals surface area contributed by atoms with E-state index in [9.17, 15) is 8.42 Å². The maximum atomic E-state index is 12.6. The maximum Gasteiger partial charge on any atom is 0.218 e. The fraction of sp³-hybridized carbons (Fsp3) is 0.385. The van der Waals surface area contributed by atoms with Crippen LogP contribution in [0.15, 0.2) is 18.2 Å². The number of aryl methyl sites for hydroxylation is 1. The molecule has 118 valence electrons. The van der Waals surface area contributed by atoms with Crippen LogP contribution in [0.3, 0.4) is 0 Å². The Hall–Kier alpha value is -1.15. The Kier molecular flexibility index (Phi) is 4.15. The average Bonchev–Trinajstić information content (AvgIpc) is 2.81. The van der Waals surface area contributed by atoms with Crippen LogP contribution in [-0.4, -0.2) is 34.0 Å². The van der Waals surface area contributed by atoms with Crippen molar-refractivity contribution in [3.63, 3.8) is 0 Å². The van der Waals surface area contributed by atoms with E-state index in [0.29, 0.717) is 40.3 Å². The van der Waals surface area contributed by atoms with Crippen LogP contribution in [0, 0.1) is 6.92 Å². The van der Waals surface area contributed by atoms with Gasteiger partial charge in [-0.2, -0.15) is 9.40 Å². The van der Waals surface area contributed by atoms with Gasteiger partial charge in [0.05, 0.1) is 18.8 Å². The molecule has 0 fully saturated rings. The third-order valence-corrected chi connectivity index (χ3v) is 5.84. The van der Waals surface area contributed by atoms with Gasteiger partial charge in [0.1, 0.15) is 11.6 Å². The smallest absolute Gasteiger partial charge is 0.218 e. The van der Waals surface area contributed by atoms with E-state index in [2.05, 4.69) is 10.1 Å². The van der Waals surface area contributed by atoms with E-state index in [4.69, 9.17) is 23.2 Å². The van der Waals surface area contributed by atoms with Gasteiger partial charge in [0.2, 0.25) is 10.0 Å². The second-order valence-corrected chi connectivity index (χ2v) is 7.94. The van der Waals surface area contributed by atoms with Gasteiger partial charge in [0, 0.05) is 16.6 Å². The molecule has 0 spiro atoms. The highest BCUT2D eigenvalue weighted by molar-refractivity contribution is 7.88. The summed E-state index contributed by atoms with van der Waals surface area (Å²) in [6.45, 7) is 2.90. The molecule has 2 aromatic rings. The molecule has 1 aromatic heterocycles. The average molecular weight is 361 g/mol. The van der Waals surface area contributed by atoms with Crippen LogP contribution in [0.2, 0.25) is 10.0 Å². The molecule has 1 aliphatic heterocycles. The highest BCUT2D eigenvalue weighted by Crippen LogP contribution is 2.25. The predicted octanol–water partition coefficient (Wildman–Crippen LogP) is 2.24. The molecular formula is C13H14Cl2N4O2S. The third kappa shape index (κ3) is 3.12. The second kappa shape index (κ2) is 5.81. The Morgan fingerprint density at radius 3 is 2.77 bits per heavy atom. The van der Waals surface area contributed by atoms with Gasteiger partial charge in [-0.3, -0.25) is 0 Å². The maximum absolute atomic E-state index is 12.6. The summed E-state index contributed by atoms with van der Waals surface area (Å²) in [5.74, 6) is 1.15. The van der Waals surface area contributed by atoms with Crippen LogP contribution in [0.5, 0.6) is 0 Å². The molecule has 0 atom stereocenters. The summed E-state index contributed by atoms with van der Waals surface area (Å²) < 4.78 is 28.3. The molecule has 1 aliphatic rings. The monoisotopic (exact) mass is 360 g/mol. The minimum atomic E-state index is -3.48. The fourth-order valence-electron chi connectivity index (χ4n) is 2.40. The lowest BCUT2D eigenvalue weighted by molar-refractivity contribution is 0.321. The SMILES string of the molecule is Cc1nc2n(n1)CCN(S(=O)(=O)Cc1ccc(Cl)cc1Cl)C2. The normalized spacial score (nSPS) is 15.8. The van der Waals surface area contributed by atoms with Crippen LogP contribution in [-0.2, 0) is 28.9 Å². The molecule has 1 aromatic carbocycles. The summed E-state index contributed by atoms with van der Waals surface area (Å²) in [7, 11) is -3.48. The van der Waals surface area contributed by atoms with Gasteiger partial charge in [-0.1, -0.05) is 29.3 Å². The number of nitrogens with zero attached hydrogens (tertiary/aromatic N) is 4. The van der Waals surface area contributed by atoms with Crippen molar-refractivity contribution in [1.82, 2.24) is 19.1 Å². The fourth-order valence-corrected chi connectivity index (χ4v) is 4.46. The zero-order chi connectivity index (χ0) is 15.9. The summed E-state index contributed by atoms with van der Waals surface area (Å²) in [5, 5.41) is 5.06. The molecule has 0 unspecified atom stereocenters. The Balaban J connectivity index is 1.82. The van der Waals surface area contributed by atoms with Crippen LogP contribution < -0.4 is 0 Å². The van der Waals surface area contributed by atoms with E-state index in [1.807, 2.05) is 0 Å². The zero-order valence-corrected chi connectivity index (χ0v) is 14.2. The molecule has 9 heteroatoms. The summed E-state index contributed by atoms with van der Waals surface area (Å²) in [6, 6.07) is 4.82. The summed E-state index contributed by atoms with van der Waals surface area (Å²) >= 11 is 11.9. The number of halogens is 2. The van der Waals surface area contributed by atoms with E-state index >= 15 is 0 Å². The summed E-state index contributed by atoms with van der Waals surface area (Å²) in [6.07, 6.45) is 0. The molecular weight excluding hydrogens is 347 g/mol. The van der Waals surface area contributed by atoms with Crippen molar-refractivity contribution in [3.05, 3.63) is 45.5 Å². The Morgan fingerprint density at radius 2 is 2.05 bits per heavy atom. The standard InChI is InChI=1S/C13H14Cl2N4O2S/c1-9-16-13-7-18(4-5-19(13)17-9)22(20,21)8-10-2-3-11(14)6-12(10)15/h2-3,6H,4-5,7-8H2,1H3. The van der Waals surface area contributed by atoms with Crippen molar-refractivity contribution in [2.24, 2.45) is 0 Å². The second-order valence-electron chi connectivity index (χ2n) is 5.12. The van der Waals surface area contributed by atoms with Crippen molar-refractivity contribution >= 4 is 33.2 Å². The minimum absolute atomic E-state index is 0.157. The summed E-state index contributed by atoms with van der Waals surface area (Å²) in [5.41, 5.74) is 0.536. The molecule has 0 amide bonds. The van der Waals surface area contributed by atoms with Gasteiger partial charge in [-0.15, -0.1) is 0 Å². The Labute approximate surface area is 138 Å². The predicted molar refractivity (Wildman–Crippen MR) is 84.3 cm³/mol. The Morgan fingerprint density at radius 1 is 1.27 bits per heavy atom. The third-order valence-electron chi connectivity index (χ3n) is 3.48. The first-order chi connectivity index (χ1) is 10.3. The number of sulfonamides is 1. The van der Waals surface area contributed by atoms with Gasteiger partial charge in [0.15, 0.2) is 0 Å². The summed E-state index contributed by atoms with van der Waals surface area (Å²) in [4.78, 5) is 4.25. The zero-order valence-electron chi connectivity index (χ0n) is 11.8. The molecule has 0 aliphatic carbocycles. The van der Waals surface area contributed by atoms with Crippen molar-refractivity contribution in [2.45, 2.75) is 25.8 Å². The minimum Gasteiger partial charge on any atom is -0.247 e. The number of hydrogen-bond donors (Lipinski definition) is 0. The van der Waals surface area contributed by atoms with Crippen LogP contribution >= 0.6 is 23.2 Å². The topological polar surface area (TPSA) is 68.1 Å². The van der Waals surface area contributed by atoms with E-state index in [0.717, 1.165) is 0 Å². The van der Waals surface area contributed by atoms with Crippen molar-refractivity contribution in [1.29, 1.82) is 0 Å². The van der Waals surface area contributed by atoms with Gasteiger partial charge in [-0.25, -0.2) is 18.1 Å². The molecule has 2 heterocycles. The van der Waals surface area contributed by atoms with Crippen molar-refractivity contribution < 1.29 is 8.42 Å².